The van der Waals surface area contributed by atoms with Gasteiger partial charge in [0.2, 0.25) is 0 Å². The number of hydrogen-bond acceptors (Lipinski definition) is 1. The smallest absolute Gasteiger partial charge is 0.0104 e. The van der Waals surface area contributed by atoms with Crippen molar-refractivity contribution in [2.75, 3.05) is 0 Å². The van der Waals surface area contributed by atoms with E-state index in [4.69, 9.17) is 0 Å². The summed E-state index contributed by atoms with van der Waals surface area (Å²) in [6.45, 7) is 0. The highest BCUT2D eigenvalue weighted by atomic mass is 15.0. The van der Waals surface area contributed by atoms with Crippen LogP contribution in [0.3, 0.4) is 0 Å². The molecule has 1 heteroatoms. The molecule has 3 rings (SSSR count). The lowest BCUT2D eigenvalue weighted by Crippen LogP contribution is -2.30. The fourth-order valence-electron chi connectivity index (χ4n) is 3.88. The van der Waals surface area contributed by atoms with Gasteiger partial charge >= 0.3 is 0 Å². The average Bonchev–Trinajstić information content (AvgIpc) is 2.84. The highest BCUT2D eigenvalue weighted by molar-refractivity contribution is 4.99. The highest BCUT2D eigenvalue weighted by Gasteiger charge is 2.43. The maximum Gasteiger partial charge on any atom is 0.0104 e. The molecule has 0 saturated heterocycles. The van der Waals surface area contributed by atoms with Crippen LogP contribution in [0.1, 0.15) is 64.2 Å². The summed E-state index contributed by atoms with van der Waals surface area (Å²) < 4.78 is 0. The van der Waals surface area contributed by atoms with E-state index in [1.807, 2.05) is 0 Å². The van der Waals surface area contributed by atoms with Crippen molar-refractivity contribution in [3.05, 3.63) is 0 Å². The van der Waals surface area contributed by atoms with Gasteiger partial charge in [0, 0.05) is 12.1 Å². The van der Waals surface area contributed by atoms with Crippen LogP contribution in [-0.2, 0) is 0 Å². The van der Waals surface area contributed by atoms with Gasteiger partial charge in [-0.1, -0.05) is 44.9 Å². The van der Waals surface area contributed by atoms with E-state index in [9.17, 15) is 0 Å². The molecule has 3 fully saturated rings. The molecule has 0 aromatic carbocycles. The normalized spacial score (nSPS) is 38.4. The number of rotatable bonds is 3. The molecule has 1 nitrogen and oxygen atoms in total. The zero-order valence-corrected chi connectivity index (χ0v) is 9.88. The van der Waals surface area contributed by atoms with Crippen molar-refractivity contribution in [1.82, 2.24) is 5.32 Å². The topological polar surface area (TPSA) is 12.0 Å². The van der Waals surface area contributed by atoms with Crippen molar-refractivity contribution in [3.8, 4) is 0 Å². The summed E-state index contributed by atoms with van der Waals surface area (Å²) in [5.41, 5.74) is 0. The number of nitrogens with one attached hydrogen (secondary N) is 1. The van der Waals surface area contributed by atoms with Crippen LogP contribution in [0.4, 0.5) is 0 Å². The van der Waals surface area contributed by atoms with Crippen LogP contribution in [0, 0.1) is 11.8 Å². The summed E-state index contributed by atoms with van der Waals surface area (Å²) >= 11 is 0. The van der Waals surface area contributed by atoms with Gasteiger partial charge in [-0.05, 0) is 31.1 Å². The van der Waals surface area contributed by atoms with E-state index in [-0.39, 0.29) is 0 Å². The predicted molar refractivity (Wildman–Crippen MR) is 63.9 cm³/mol. The van der Waals surface area contributed by atoms with E-state index < -0.39 is 0 Å². The Bertz CT molecular complexity index is 201. The first-order chi connectivity index (χ1) is 7.43. The molecular formula is C14H25N. The summed E-state index contributed by atoms with van der Waals surface area (Å²) in [6.07, 6.45) is 14.9. The Morgan fingerprint density at radius 2 is 1.40 bits per heavy atom. The Balaban J connectivity index is 1.42. The summed E-state index contributed by atoms with van der Waals surface area (Å²) in [6, 6.07) is 1.82. The molecule has 0 spiro atoms. The molecule has 1 N–H and O–H groups in total. The SMILES string of the molecule is C1CCC(C2CC2NC2CCCC2)CC1. The molecule has 15 heavy (non-hydrogen) atoms. The molecule has 0 radical (unpaired) electrons. The fraction of sp³-hybridized carbons (Fsp3) is 1.00. The maximum absolute atomic E-state index is 3.90. The third-order valence-electron chi connectivity index (χ3n) is 4.90. The lowest BCUT2D eigenvalue weighted by atomic mass is 9.85. The third kappa shape index (κ3) is 2.38. The molecule has 0 aromatic heterocycles. The van der Waals surface area contributed by atoms with Crippen molar-refractivity contribution >= 4 is 0 Å². The Morgan fingerprint density at radius 1 is 0.733 bits per heavy atom. The zero-order chi connectivity index (χ0) is 10.1. The molecule has 3 aliphatic carbocycles. The molecule has 2 unspecified atom stereocenters. The largest absolute Gasteiger partial charge is 0.311 e. The summed E-state index contributed by atoms with van der Waals surface area (Å²) in [5, 5.41) is 3.90. The molecule has 0 amide bonds. The molecule has 0 bridgehead atoms. The van der Waals surface area contributed by atoms with Crippen LogP contribution < -0.4 is 5.32 Å². The van der Waals surface area contributed by atoms with Crippen molar-refractivity contribution in [2.45, 2.75) is 76.3 Å². The lowest BCUT2D eigenvalue weighted by Gasteiger charge is -2.22. The zero-order valence-electron chi connectivity index (χ0n) is 9.88. The van der Waals surface area contributed by atoms with Gasteiger partial charge in [-0.3, -0.25) is 0 Å². The minimum Gasteiger partial charge on any atom is -0.311 e. The van der Waals surface area contributed by atoms with Gasteiger partial charge in [0.1, 0.15) is 0 Å². The molecule has 2 atom stereocenters. The van der Waals surface area contributed by atoms with E-state index in [1.54, 1.807) is 0 Å². The molecule has 0 aliphatic heterocycles. The molecule has 3 aliphatic rings. The molecule has 0 aromatic rings. The van der Waals surface area contributed by atoms with Gasteiger partial charge in [0.05, 0.1) is 0 Å². The van der Waals surface area contributed by atoms with E-state index >= 15 is 0 Å². The average molecular weight is 207 g/mol. The van der Waals surface area contributed by atoms with Crippen molar-refractivity contribution in [1.29, 1.82) is 0 Å². The third-order valence-corrected chi connectivity index (χ3v) is 4.90. The van der Waals surface area contributed by atoms with Crippen molar-refractivity contribution < 1.29 is 0 Å². The quantitative estimate of drug-likeness (QED) is 0.747. The van der Waals surface area contributed by atoms with E-state index in [2.05, 4.69) is 5.32 Å². The standard InChI is InChI=1S/C14H25N/c1-2-6-11(7-3-1)13-10-14(13)15-12-8-4-5-9-12/h11-15H,1-10H2. The van der Waals surface area contributed by atoms with Gasteiger partial charge in [-0.25, -0.2) is 0 Å². The van der Waals surface area contributed by atoms with Crippen molar-refractivity contribution in [2.24, 2.45) is 11.8 Å². The Hall–Kier alpha value is -0.0400. The monoisotopic (exact) mass is 207 g/mol. The second-order valence-corrected chi connectivity index (χ2v) is 6.05. The summed E-state index contributed by atoms with van der Waals surface area (Å²) in [5.74, 6) is 2.17. The summed E-state index contributed by atoms with van der Waals surface area (Å²) in [7, 11) is 0. The maximum atomic E-state index is 3.90. The van der Waals surface area contributed by atoms with Crippen molar-refractivity contribution in [3.63, 3.8) is 0 Å². The highest BCUT2D eigenvalue weighted by Crippen LogP contribution is 2.44. The first-order valence-corrected chi connectivity index (χ1v) is 7.19. The van der Waals surface area contributed by atoms with Gasteiger partial charge in [0.25, 0.3) is 0 Å². The molecule has 3 saturated carbocycles. The Labute approximate surface area is 94.0 Å². The Kier molecular flexibility index (Phi) is 3.01. The van der Waals surface area contributed by atoms with Crippen LogP contribution in [0.15, 0.2) is 0 Å². The lowest BCUT2D eigenvalue weighted by molar-refractivity contribution is 0.308. The fourth-order valence-corrected chi connectivity index (χ4v) is 3.88. The van der Waals surface area contributed by atoms with E-state index in [0.717, 1.165) is 23.9 Å². The van der Waals surface area contributed by atoms with E-state index in [1.165, 1.54) is 64.2 Å². The molecule has 86 valence electrons. The minimum absolute atomic E-state index is 0.892. The van der Waals surface area contributed by atoms with E-state index in [0.29, 0.717) is 0 Å². The van der Waals surface area contributed by atoms with Crippen LogP contribution in [0.25, 0.3) is 0 Å². The molecule has 0 heterocycles. The van der Waals surface area contributed by atoms with Crippen LogP contribution in [-0.4, -0.2) is 12.1 Å². The number of hydrogen-bond donors (Lipinski definition) is 1. The second-order valence-electron chi connectivity index (χ2n) is 6.05. The minimum atomic E-state index is 0.892. The van der Waals surface area contributed by atoms with Gasteiger partial charge in [-0.2, -0.15) is 0 Å². The first-order valence-electron chi connectivity index (χ1n) is 7.19. The van der Waals surface area contributed by atoms with Crippen LogP contribution in [0.2, 0.25) is 0 Å². The summed E-state index contributed by atoms with van der Waals surface area (Å²) in [4.78, 5) is 0. The van der Waals surface area contributed by atoms with Crippen LogP contribution in [0.5, 0.6) is 0 Å². The predicted octanol–water partition coefficient (Wildman–Crippen LogP) is 3.49. The van der Waals surface area contributed by atoms with Crippen LogP contribution >= 0.6 is 0 Å². The van der Waals surface area contributed by atoms with Gasteiger partial charge in [-0.15, -0.1) is 0 Å². The first kappa shape index (κ1) is 10.1. The van der Waals surface area contributed by atoms with Gasteiger partial charge < -0.3 is 5.32 Å². The molecular weight excluding hydrogens is 182 g/mol. The Morgan fingerprint density at radius 3 is 2.13 bits per heavy atom. The second kappa shape index (κ2) is 4.45. The van der Waals surface area contributed by atoms with Gasteiger partial charge in [0.15, 0.2) is 0 Å².